The van der Waals surface area contributed by atoms with Crippen molar-refractivity contribution in [3.63, 3.8) is 0 Å². The summed E-state index contributed by atoms with van der Waals surface area (Å²) < 4.78 is 0. The molecule has 1 aliphatic heterocycles. The van der Waals surface area contributed by atoms with Gasteiger partial charge in [-0.15, -0.1) is 0 Å². The smallest absolute Gasteiger partial charge is 0.222 e. The summed E-state index contributed by atoms with van der Waals surface area (Å²) in [7, 11) is 0. The fourth-order valence-corrected chi connectivity index (χ4v) is 4.35. The quantitative estimate of drug-likeness (QED) is 0.726. The number of hydrogen-bond donors (Lipinski definition) is 0. The third-order valence-corrected chi connectivity index (χ3v) is 5.86. The van der Waals surface area contributed by atoms with E-state index < -0.39 is 0 Å². The molecule has 0 radical (unpaired) electrons. The standard InChI is InChI=1S/C19H32N2O/c22-19(11-10-17-6-4-5-7-17)21-14-12-20(13-15-21)16-18-8-2-1-3-9-18/h1-2,17-18H,3-16H2/t18-/m0/s1. The second kappa shape index (κ2) is 8.14. The number of rotatable bonds is 5. The van der Waals surface area contributed by atoms with Crippen LogP contribution in [-0.2, 0) is 4.79 Å². The van der Waals surface area contributed by atoms with Gasteiger partial charge in [0.1, 0.15) is 0 Å². The van der Waals surface area contributed by atoms with Gasteiger partial charge in [0.25, 0.3) is 0 Å². The lowest BCUT2D eigenvalue weighted by Gasteiger charge is -2.37. The third-order valence-electron chi connectivity index (χ3n) is 5.86. The van der Waals surface area contributed by atoms with E-state index in [1.807, 2.05) is 0 Å². The van der Waals surface area contributed by atoms with Crippen molar-refractivity contribution in [3.8, 4) is 0 Å². The Bertz CT molecular complexity index is 379. The molecule has 3 nitrogen and oxygen atoms in total. The minimum Gasteiger partial charge on any atom is -0.340 e. The molecular formula is C19H32N2O. The average molecular weight is 304 g/mol. The third kappa shape index (κ3) is 4.58. The van der Waals surface area contributed by atoms with E-state index in [1.54, 1.807) is 0 Å². The highest BCUT2D eigenvalue weighted by Gasteiger charge is 2.24. The van der Waals surface area contributed by atoms with E-state index in [-0.39, 0.29) is 0 Å². The fourth-order valence-electron chi connectivity index (χ4n) is 4.35. The maximum atomic E-state index is 12.3. The van der Waals surface area contributed by atoms with Gasteiger partial charge in [-0.3, -0.25) is 9.69 Å². The lowest BCUT2D eigenvalue weighted by molar-refractivity contribution is -0.133. The van der Waals surface area contributed by atoms with Crippen molar-refractivity contribution in [2.45, 2.75) is 57.8 Å². The first-order valence-electron chi connectivity index (χ1n) is 9.46. The zero-order chi connectivity index (χ0) is 15.2. The summed E-state index contributed by atoms with van der Waals surface area (Å²) in [5.41, 5.74) is 0. The number of nitrogens with zero attached hydrogens (tertiary/aromatic N) is 2. The minimum atomic E-state index is 0.409. The molecule has 0 aromatic heterocycles. The van der Waals surface area contributed by atoms with Crippen LogP contribution >= 0.6 is 0 Å². The Morgan fingerprint density at radius 3 is 2.41 bits per heavy atom. The molecule has 3 heteroatoms. The van der Waals surface area contributed by atoms with Crippen LogP contribution in [0.15, 0.2) is 12.2 Å². The largest absolute Gasteiger partial charge is 0.340 e. The van der Waals surface area contributed by atoms with Crippen LogP contribution < -0.4 is 0 Å². The molecule has 0 N–H and O–H groups in total. The van der Waals surface area contributed by atoms with Crippen molar-refractivity contribution in [1.29, 1.82) is 0 Å². The number of carbonyl (C=O) groups excluding carboxylic acids is 1. The number of carbonyl (C=O) groups is 1. The Morgan fingerprint density at radius 2 is 1.73 bits per heavy atom. The molecule has 3 aliphatic rings. The molecule has 124 valence electrons. The Morgan fingerprint density at radius 1 is 0.955 bits per heavy atom. The molecular weight excluding hydrogens is 272 g/mol. The Labute approximate surface area is 135 Å². The van der Waals surface area contributed by atoms with Gasteiger partial charge >= 0.3 is 0 Å². The summed E-state index contributed by atoms with van der Waals surface area (Å²) in [4.78, 5) is 17.0. The van der Waals surface area contributed by atoms with Crippen molar-refractivity contribution < 1.29 is 4.79 Å². The summed E-state index contributed by atoms with van der Waals surface area (Å²) in [5, 5.41) is 0. The van der Waals surface area contributed by atoms with Crippen molar-refractivity contribution in [1.82, 2.24) is 9.80 Å². The van der Waals surface area contributed by atoms with Crippen LogP contribution in [0, 0.1) is 11.8 Å². The summed E-state index contributed by atoms with van der Waals surface area (Å²) in [5.74, 6) is 2.09. The van der Waals surface area contributed by atoms with E-state index in [9.17, 15) is 4.79 Å². The van der Waals surface area contributed by atoms with Gasteiger partial charge in [0, 0.05) is 39.1 Å². The van der Waals surface area contributed by atoms with Gasteiger partial charge < -0.3 is 4.90 Å². The van der Waals surface area contributed by atoms with Crippen LogP contribution in [0.5, 0.6) is 0 Å². The maximum absolute atomic E-state index is 12.3. The number of hydrogen-bond acceptors (Lipinski definition) is 2. The van der Waals surface area contributed by atoms with Gasteiger partial charge in [-0.1, -0.05) is 37.8 Å². The molecule has 0 aromatic rings. The molecule has 1 heterocycles. The fraction of sp³-hybridized carbons (Fsp3) is 0.842. The second-order valence-corrected chi connectivity index (χ2v) is 7.52. The number of piperazine rings is 1. The lowest BCUT2D eigenvalue weighted by atomic mass is 9.94. The van der Waals surface area contributed by atoms with Crippen LogP contribution in [0.4, 0.5) is 0 Å². The van der Waals surface area contributed by atoms with E-state index >= 15 is 0 Å². The van der Waals surface area contributed by atoms with Gasteiger partial charge in [0.05, 0.1) is 0 Å². The van der Waals surface area contributed by atoms with Crippen LogP contribution in [0.25, 0.3) is 0 Å². The summed E-state index contributed by atoms with van der Waals surface area (Å²) in [6.45, 7) is 5.29. The van der Waals surface area contributed by atoms with Gasteiger partial charge in [0.15, 0.2) is 0 Å². The SMILES string of the molecule is O=C(CCC1CCCC1)N1CCN(C[C@H]2CC=CCC2)CC1. The molecule has 2 fully saturated rings. The zero-order valence-corrected chi connectivity index (χ0v) is 14.0. The summed E-state index contributed by atoms with van der Waals surface area (Å²) >= 11 is 0. The molecule has 2 aliphatic carbocycles. The average Bonchev–Trinajstić information content (AvgIpc) is 3.08. The highest BCUT2D eigenvalue weighted by molar-refractivity contribution is 5.76. The van der Waals surface area contributed by atoms with Crippen LogP contribution in [0.3, 0.4) is 0 Å². The number of allylic oxidation sites excluding steroid dienone is 2. The molecule has 1 saturated carbocycles. The predicted octanol–water partition coefficient (Wildman–Crippen LogP) is 3.46. The van der Waals surface area contributed by atoms with Crippen molar-refractivity contribution >= 4 is 5.91 Å². The van der Waals surface area contributed by atoms with Crippen LogP contribution in [0.1, 0.15) is 57.8 Å². The van der Waals surface area contributed by atoms with Gasteiger partial charge in [-0.25, -0.2) is 0 Å². The minimum absolute atomic E-state index is 0.409. The van der Waals surface area contributed by atoms with Crippen LogP contribution in [0.2, 0.25) is 0 Å². The van der Waals surface area contributed by atoms with Crippen LogP contribution in [-0.4, -0.2) is 48.4 Å². The van der Waals surface area contributed by atoms with E-state index in [0.717, 1.165) is 50.9 Å². The Balaban J connectivity index is 1.33. The molecule has 0 spiro atoms. The normalized spacial score (nSPS) is 27.5. The number of amides is 1. The van der Waals surface area contributed by atoms with E-state index in [1.165, 1.54) is 51.5 Å². The van der Waals surface area contributed by atoms with Gasteiger partial charge in [-0.2, -0.15) is 0 Å². The van der Waals surface area contributed by atoms with Crippen molar-refractivity contribution in [2.75, 3.05) is 32.7 Å². The first-order valence-corrected chi connectivity index (χ1v) is 9.46. The molecule has 0 unspecified atom stereocenters. The highest BCUT2D eigenvalue weighted by Crippen LogP contribution is 2.28. The topological polar surface area (TPSA) is 23.6 Å². The Hall–Kier alpha value is -0.830. The van der Waals surface area contributed by atoms with E-state index in [4.69, 9.17) is 0 Å². The van der Waals surface area contributed by atoms with E-state index in [2.05, 4.69) is 22.0 Å². The maximum Gasteiger partial charge on any atom is 0.222 e. The van der Waals surface area contributed by atoms with Crippen molar-refractivity contribution in [2.24, 2.45) is 11.8 Å². The second-order valence-electron chi connectivity index (χ2n) is 7.52. The first kappa shape index (κ1) is 16.0. The van der Waals surface area contributed by atoms with Gasteiger partial charge in [0.2, 0.25) is 5.91 Å². The first-order chi connectivity index (χ1) is 10.8. The molecule has 22 heavy (non-hydrogen) atoms. The summed E-state index contributed by atoms with van der Waals surface area (Å²) in [6, 6.07) is 0. The lowest BCUT2D eigenvalue weighted by Crippen LogP contribution is -2.49. The molecule has 0 aromatic carbocycles. The molecule has 3 rings (SSSR count). The monoisotopic (exact) mass is 304 g/mol. The van der Waals surface area contributed by atoms with Crippen molar-refractivity contribution in [3.05, 3.63) is 12.2 Å². The Kier molecular flexibility index (Phi) is 5.94. The van der Waals surface area contributed by atoms with E-state index in [0.29, 0.717) is 5.91 Å². The molecule has 1 amide bonds. The molecule has 1 saturated heterocycles. The molecule has 1 atom stereocenters. The predicted molar refractivity (Wildman–Crippen MR) is 90.7 cm³/mol. The van der Waals surface area contributed by atoms with Gasteiger partial charge in [-0.05, 0) is 37.5 Å². The molecule has 0 bridgehead atoms. The summed E-state index contributed by atoms with van der Waals surface area (Å²) in [6.07, 6.45) is 15.9. The zero-order valence-electron chi connectivity index (χ0n) is 14.0. The highest BCUT2D eigenvalue weighted by atomic mass is 16.2.